The Balaban J connectivity index is 2.01. The van der Waals surface area contributed by atoms with Crippen molar-refractivity contribution in [1.29, 1.82) is 0 Å². The van der Waals surface area contributed by atoms with Gasteiger partial charge in [-0.1, -0.05) is 18.9 Å². The average Bonchev–Trinajstić information content (AvgIpc) is 2.51. The van der Waals surface area contributed by atoms with Crippen molar-refractivity contribution in [2.45, 2.75) is 32.2 Å². The fourth-order valence-corrected chi connectivity index (χ4v) is 2.23. The molecule has 0 amide bonds. The number of nitrogens with two attached hydrogens (primary N) is 1. The Morgan fingerprint density at radius 1 is 1.12 bits per heavy atom. The van der Waals surface area contributed by atoms with E-state index in [4.69, 9.17) is 5.73 Å². The van der Waals surface area contributed by atoms with E-state index in [1.54, 1.807) is 12.1 Å². The van der Waals surface area contributed by atoms with Gasteiger partial charge in [-0.2, -0.15) is 0 Å². The predicted octanol–water partition coefficient (Wildman–Crippen LogP) is 2.78. The molecular formula is C13H19FN2. The number of hydrogen-bond acceptors (Lipinski definition) is 2. The van der Waals surface area contributed by atoms with Crippen LogP contribution in [0, 0.1) is 5.82 Å². The zero-order chi connectivity index (χ0) is 11.4. The van der Waals surface area contributed by atoms with Crippen LogP contribution in [-0.4, -0.2) is 18.0 Å². The standard InChI is InChI=1S/C13H19FN2/c14-13-9-12(15)6-5-11(13)10-16-7-3-1-2-4-8-16/h5-6,9H,1-4,7-8,10,15H2. The number of rotatable bonds is 2. The Kier molecular flexibility index (Phi) is 3.78. The first-order chi connectivity index (χ1) is 7.75. The van der Waals surface area contributed by atoms with Crippen LogP contribution in [0.15, 0.2) is 18.2 Å². The van der Waals surface area contributed by atoms with E-state index in [1.165, 1.54) is 31.7 Å². The zero-order valence-electron chi connectivity index (χ0n) is 9.58. The Labute approximate surface area is 96.2 Å². The first kappa shape index (κ1) is 11.4. The summed E-state index contributed by atoms with van der Waals surface area (Å²) in [6.07, 6.45) is 5.08. The summed E-state index contributed by atoms with van der Waals surface area (Å²) in [4.78, 5) is 2.33. The lowest BCUT2D eigenvalue weighted by Gasteiger charge is -2.20. The average molecular weight is 222 g/mol. The summed E-state index contributed by atoms with van der Waals surface area (Å²) in [5.74, 6) is -0.177. The fourth-order valence-electron chi connectivity index (χ4n) is 2.23. The number of nitrogens with zero attached hydrogens (tertiary/aromatic N) is 1. The number of benzene rings is 1. The second-order valence-electron chi connectivity index (χ2n) is 4.54. The van der Waals surface area contributed by atoms with Gasteiger partial charge in [0.15, 0.2) is 0 Å². The highest BCUT2D eigenvalue weighted by Crippen LogP contribution is 2.17. The molecule has 88 valence electrons. The van der Waals surface area contributed by atoms with Crippen molar-refractivity contribution in [2.24, 2.45) is 0 Å². The van der Waals surface area contributed by atoms with Crippen molar-refractivity contribution in [3.8, 4) is 0 Å². The SMILES string of the molecule is Nc1ccc(CN2CCCCCC2)c(F)c1. The molecule has 1 aliphatic rings. The van der Waals surface area contributed by atoms with Crippen molar-refractivity contribution < 1.29 is 4.39 Å². The maximum atomic E-state index is 13.6. The summed E-state index contributed by atoms with van der Waals surface area (Å²) >= 11 is 0. The van der Waals surface area contributed by atoms with Gasteiger partial charge in [0.2, 0.25) is 0 Å². The molecule has 1 heterocycles. The van der Waals surface area contributed by atoms with Gasteiger partial charge in [0.25, 0.3) is 0 Å². The molecule has 0 unspecified atom stereocenters. The van der Waals surface area contributed by atoms with E-state index in [9.17, 15) is 4.39 Å². The molecule has 2 N–H and O–H groups in total. The van der Waals surface area contributed by atoms with E-state index >= 15 is 0 Å². The van der Waals surface area contributed by atoms with Gasteiger partial charge in [-0.15, -0.1) is 0 Å². The summed E-state index contributed by atoms with van der Waals surface area (Å²) in [7, 11) is 0. The van der Waals surface area contributed by atoms with Gasteiger partial charge in [0.1, 0.15) is 5.82 Å². The third kappa shape index (κ3) is 2.95. The summed E-state index contributed by atoms with van der Waals surface area (Å²) < 4.78 is 13.6. The van der Waals surface area contributed by atoms with Crippen LogP contribution in [0.4, 0.5) is 10.1 Å². The van der Waals surface area contributed by atoms with Crippen molar-refractivity contribution in [3.05, 3.63) is 29.6 Å². The minimum atomic E-state index is -0.177. The fraction of sp³-hybridized carbons (Fsp3) is 0.538. The number of likely N-dealkylation sites (tertiary alicyclic amines) is 1. The zero-order valence-corrected chi connectivity index (χ0v) is 9.58. The third-order valence-electron chi connectivity index (χ3n) is 3.17. The highest BCUT2D eigenvalue weighted by Gasteiger charge is 2.11. The summed E-state index contributed by atoms with van der Waals surface area (Å²) in [5.41, 5.74) is 6.79. The quantitative estimate of drug-likeness (QED) is 0.780. The first-order valence-electron chi connectivity index (χ1n) is 6.02. The van der Waals surface area contributed by atoms with Crippen LogP contribution >= 0.6 is 0 Å². The molecule has 1 aromatic carbocycles. The molecule has 0 aromatic heterocycles. The van der Waals surface area contributed by atoms with Crippen LogP contribution in [0.2, 0.25) is 0 Å². The summed E-state index contributed by atoms with van der Waals surface area (Å²) in [6.45, 7) is 2.89. The van der Waals surface area contributed by atoms with Crippen LogP contribution < -0.4 is 5.73 Å². The highest BCUT2D eigenvalue weighted by atomic mass is 19.1. The summed E-state index contributed by atoms with van der Waals surface area (Å²) in [5, 5.41) is 0. The molecule has 0 spiro atoms. The molecule has 2 rings (SSSR count). The molecule has 1 aliphatic heterocycles. The van der Waals surface area contributed by atoms with Gasteiger partial charge in [-0.05, 0) is 38.1 Å². The molecule has 0 bridgehead atoms. The maximum Gasteiger partial charge on any atom is 0.129 e. The minimum Gasteiger partial charge on any atom is -0.399 e. The van der Waals surface area contributed by atoms with Crippen molar-refractivity contribution in [3.63, 3.8) is 0 Å². The van der Waals surface area contributed by atoms with Crippen molar-refractivity contribution >= 4 is 5.69 Å². The van der Waals surface area contributed by atoms with Crippen molar-refractivity contribution in [1.82, 2.24) is 4.90 Å². The molecule has 2 nitrogen and oxygen atoms in total. The van der Waals surface area contributed by atoms with E-state index < -0.39 is 0 Å². The second-order valence-corrected chi connectivity index (χ2v) is 4.54. The molecule has 1 aromatic rings. The topological polar surface area (TPSA) is 29.3 Å². The molecule has 0 saturated carbocycles. The third-order valence-corrected chi connectivity index (χ3v) is 3.17. The van der Waals surface area contributed by atoms with Crippen molar-refractivity contribution in [2.75, 3.05) is 18.8 Å². The Hall–Kier alpha value is -1.09. The van der Waals surface area contributed by atoms with E-state index in [2.05, 4.69) is 4.90 Å². The normalized spacial score (nSPS) is 18.3. The molecule has 1 saturated heterocycles. The Bertz CT molecular complexity index is 344. The maximum absolute atomic E-state index is 13.6. The molecule has 0 aliphatic carbocycles. The molecule has 3 heteroatoms. The lowest BCUT2D eigenvalue weighted by atomic mass is 10.1. The molecular weight excluding hydrogens is 203 g/mol. The largest absolute Gasteiger partial charge is 0.399 e. The van der Waals surface area contributed by atoms with E-state index in [-0.39, 0.29) is 5.82 Å². The van der Waals surface area contributed by atoms with Gasteiger partial charge in [-0.3, -0.25) is 4.90 Å². The Morgan fingerprint density at radius 3 is 2.44 bits per heavy atom. The minimum absolute atomic E-state index is 0.177. The predicted molar refractivity (Wildman–Crippen MR) is 64.6 cm³/mol. The number of hydrogen-bond donors (Lipinski definition) is 1. The summed E-state index contributed by atoms with van der Waals surface area (Å²) in [6, 6.07) is 4.99. The number of anilines is 1. The van der Waals surface area contributed by atoms with Gasteiger partial charge in [-0.25, -0.2) is 4.39 Å². The van der Waals surface area contributed by atoms with Crippen LogP contribution in [0.25, 0.3) is 0 Å². The molecule has 0 radical (unpaired) electrons. The molecule has 1 fully saturated rings. The lowest BCUT2D eigenvalue weighted by molar-refractivity contribution is 0.273. The molecule has 0 atom stereocenters. The van der Waals surface area contributed by atoms with Crippen LogP contribution in [-0.2, 0) is 6.54 Å². The van der Waals surface area contributed by atoms with Crippen LogP contribution in [0.5, 0.6) is 0 Å². The smallest absolute Gasteiger partial charge is 0.129 e. The van der Waals surface area contributed by atoms with Gasteiger partial charge in [0, 0.05) is 17.8 Å². The van der Waals surface area contributed by atoms with E-state index in [0.717, 1.165) is 18.7 Å². The Morgan fingerprint density at radius 2 is 1.81 bits per heavy atom. The highest BCUT2D eigenvalue weighted by molar-refractivity contribution is 5.40. The van der Waals surface area contributed by atoms with Crippen LogP contribution in [0.3, 0.4) is 0 Å². The van der Waals surface area contributed by atoms with E-state index in [1.807, 2.05) is 0 Å². The van der Waals surface area contributed by atoms with Gasteiger partial charge < -0.3 is 5.73 Å². The second kappa shape index (κ2) is 5.30. The van der Waals surface area contributed by atoms with Gasteiger partial charge in [0.05, 0.1) is 0 Å². The number of nitrogen functional groups attached to an aromatic ring is 1. The lowest BCUT2D eigenvalue weighted by Crippen LogP contribution is -2.24. The first-order valence-corrected chi connectivity index (χ1v) is 6.02. The number of halogens is 1. The van der Waals surface area contributed by atoms with Crippen LogP contribution in [0.1, 0.15) is 31.2 Å². The molecule has 16 heavy (non-hydrogen) atoms. The van der Waals surface area contributed by atoms with Gasteiger partial charge >= 0.3 is 0 Å². The van der Waals surface area contributed by atoms with E-state index in [0.29, 0.717) is 12.2 Å². The monoisotopic (exact) mass is 222 g/mol.